The monoisotopic (exact) mass is 183 g/mol. The molecule has 3 unspecified atom stereocenters. The lowest BCUT2D eigenvalue weighted by Gasteiger charge is -2.15. The van der Waals surface area contributed by atoms with E-state index in [0.29, 0.717) is 23.7 Å². The second-order valence-electron chi connectivity index (χ2n) is 4.44. The summed E-state index contributed by atoms with van der Waals surface area (Å²) in [6.45, 7) is 3.98. The summed E-state index contributed by atoms with van der Waals surface area (Å²) in [5, 5.41) is 8.93. The molecule has 0 bridgehead atoms. The first-order chi connectivity index (χ1) is 6.22. The molecule has 13 heavy (non-hydrogen) atoms. The van der Waals surface area contributed by atoms with Crippen molar-refractivity contribution >= 4 is 5.91 Å². The molecular formula is C10H17NO2. The van der Waals surface area contributed by atoms with Crippen LogP contribution in [0.25, 0.3) is 0 Å². The van der Waals surface area contributed by atoms with Crippen molar-refractivity contribution in [2.45, 2.75) is 19.8 Å². The zero-order chi connectivity index (χ0) is 9.42. The number of rotatable bonds is 2. The molecule has 0 radical (unpaired) electrons. The molecule has 2 fully saturated rings. The van der Waals surface area contributed by atoms with E-state index in [1.807, 2.05) is 4.90 Å². The maximum atomic E-state index is 11.7. The van der Waals surface area contributed by atoms with Crippen LogP contribution < -0.4 is 0 Å². The maximum absolute atomic E-state index is 11.7. The van der Waals surface area contributed by atoms with Crippen LogP contribution in [0.15, 0.2) is 0 Å². The third-order valence-corrected chi connectivity index (χ3v) is 3.28. The van der Waals surface area contributed by atoms with Crippen LogP contribution in [-0.2, 0) is 4.79 Å². The smallest absolute Gasteiger partial charge is 0.225 e. The van der Waals surface area contributed by atoms with Crippen molar-refractivity contribution in [2.75, 3.05) is 19.7 Å². The molecular weight excluding hydrogens is 166 g/mol. The maximum Gasteiger partial charge on any atom is 0.225 e. The highest BCUT2D eigenvalue weighted by molar-refractivity contribution is 5.81. The van der Waals surface area contributed by atoms with E-state index >= 15 is 0 Å². The SMILES string of the molecule is CC1CC1C(=O)N1CCC(CO)C1. The van der Waals surface area contributed by atoms with Crippen molar-refractivity contribution in [2.24, 2.45) is 17.8 Å². The van der Waals surface area contributed by atoms with Gasteiger partial charge in [-0.3, -0.25) is 4.79 Å². The van der Waals surface area contributed by atoms with Gasteiger partial charge in [0.25, 0.3) is 0 Å². The topological polar surface area (TPSA) is 40.5 Å². The summed E-state index contributed by atoms with van der Waals surface area (Å²) in [7, 11) is 0. The molecule has 0 aromatic heterocycles. The van der Waals surface area contributed by atoms with Crippen molar-refractivity contribution in [1.29, 1.82) is 0 Å². The molecule has 74 valence electrons. The van der Waals surface area contributed by atoms with Crippen molar-refractivity contribution in [1.82, 2.24) is 4.90 Å². The van der Waals surface area contributed by atoms with E-state index in [9.17, 15) is 4.79 Å². The second kappa shape index (κ2) is 3.29. The number of aliphatic hydroxyl groups is 1. The summed E-state index contributed by atoms with van der Waals surface area (Å²) < 4.78 is 0. The minimum absolute atomic E-state index is 0.226. The van der Waals surface area contributed by atoms with Gasteiger partial charge in [0.15, 0.2) is 0 Å². The quantitative estimate of drug-likeness (QED) is 0.676. The van der Waals surface area contributed by atoms with Crippen LogP contribution in [0.1, 0.15) is 19.8 Å². The first-order valence-corrected chi connectivity index (χ1v) is 5.12. The van der Waals surface area contributed by atoms with E-state index in [2.05, 4.69) is 6.92 Å². The molecule has 1 heterocycles. The number of likely N-dealkylation sites (tertiary alicyclic amines) is 1. The summed E-state index contributed by atoms with van der Waals surface area (Å²) in [6, 6.07) is 0. The standard InChI is InChI=1S/C10H17NO2/c1-7-4-9(7)10(13)11-3-2-8(5-11)6-12/h7-9,12H,2-6H2,1H3. The normalized spacial score (nSPS) is 38.0. The molecule has 3 heteroatoms. The zero-order valence-electron chi connectivity index (χ0n) is 8.07. The van der Waals surface area contributed by atoms with E-state index in [-0.39, 0.29) is 6.61 Å². The van der Waals surface area contributed by atoms with Gasteiger partial charge in [0.2, 0.25) is 5.91 Å². The molecule has 0 spiro atoms. The Morgan fingerprint density at radius 2 is 2.31 bits per heavy atom. The van der Waals surface area contributed by atoms with Gasteiger partial charge in [-0.05, 0) is 18.8 Å². The number of aliphatic hydroxyl groups excluding tert-OH is 1. The predicted molar refractivity (Wildman–Crippen MR) is 49.0 cm³/mol. The Kier molecular flexibility index (Phi) is 2.28. The van der Waals surface area contributed by atoms with E-state index < -0.39 is 0 Å². The lowest BCUT2D eigenvalue weighted by Crippen LogP contribution is -2.30. The van der Waals surface area contributed by atoms with Crippen LogP contribution >= 0.6 is 0 Å². The van der Waals surface area contributed by atoms with Gasteiger partial charge in [-0.15, -0.1) is 0 Å². The summed E-state index contributed by atoms with van der Waals surface area (Å²) in [5.41, 5.74) is 0. The molecule has 1 saturated carbocycles. The minimum Gasteiger partial charge on any atom is -0.396 e. The average Bonchev–Trinajstić information content (AvgIpc) is 2.70. The Labute approximate surface area is 78.7 Å². The van der Waals surface area contributed by atoms with Gasteiger partial charge in [-0.25, -0.2) is 0 Å². The van der Waals surface area contributed by atoms with Crippen molar-refractivity contribution in [3.63, 3.8) is 0 Å². The van der Waals surface area contributed by atoms with Crippen LogP contribution in [0.3, 0.4) is 0 Å². The molecule has 1 saturated heterocycles. The first kappa shape index (κ1) is 9.00. The predicted octanol–water partition coefficient (Wildman–Crippen LogP) is 0.483. The fourth-order valence-electron chi connectivity index (χ4n) is 2.08. The fraction of sp³-hybridized carbons (Fsp3) is 0.900. The molecule has 1 N–H and O–H groups in total. The minimum atomic E-state index is 0.226. The third-order valence-electron chi connectivity index (χ3n) is 3.28. The number of amides is 1. The van der Waals surface area contributed by atoms with E-state index in [4.69, 9.17) is 5.11 Å². The van der Waals surface area contributed by atoms with Gasteiger partial charge < -0.3 is 10.0 Å². The van der Waals surface area contributed by atoms with Crippen molar-refractivity contribution in [3.05, 3.63) is 0 Å². The number of carbonyl (C=O) groups is 1. The van der Waals surface area contributed by atoms with Crippen molar-refractivity contribution < 1.29 is 9.90 Å². The summed E-state index contributed by atoms with van der Waals surface area (Å²) in [6.07, 6.45) is 2.04. The first-order valence-electron chi connectivity index (χ1n) is 5.12. The van der Waals surface area contributed by atoms with Crippen molar-refractivity contribution in [3.8, 4) is 0 Å². The molecule has 1 amide bonds. The largest absolute Gasteiger partial charge is 0.396 e. The van der Waals surface area contributed by atoms with Gasteiger partial charge >= 0.3 is 0 Å². The lowest BCUT2D eigenvalue weighted by molar-refractivity contribution is -0.131. The second-order valence-corrected chi connectivity index (χ2v) is 4.44. The number of hydrogen-bond donors (Lipinski definition) is 1. The third kappa shape index (κ3) is 1.70. The Balaban J connectivity index is 1.85. The molecule has 3 nitrogen and oxygen atoms in total. The van der Waals surface area contributed by atoms with Crippen LogP contribution in [0, 0.1) is 17.8 Å². The highest BCUT2D eigenvalue weighted by Gasteiger charge is 2.42. The lowest BCUT2D eigenvalue weighted by atomic mass is 10.1. The Bertz CT molecular complexity index is 217. The molecule has 1 aliphatic heterocycles. The van der Waals surface area contributed by atoms with Crippen LogP contribution in [0.5, 0.6) is 0 Å². The van der Waals surface area contributed by atoms with E-state index in [0.717, 1.165) is 25.9 Å². The van der Waals surface area contributed by atoms with Gasteiger partial charge in [-0.1, -0.05) is 6.92 Å². The highest BCUT2D eigenvalue weighted by Crippen LogP contribution is 2.39. The highest BCUT2D eigenvalue weighted by atomic mass is 16.3. The van der Waals surface area contributed by atoms with E-state index in [1.54, 1.807) is 0 Å². The van der Waals surface area contributed by atoms with Gasteiger partial charge in [0.1, 0.15) is 0 Å². The fourth-order valence-corrected chi connectivity index (χ4v) is 2.08. The number of carbonyl (C=O) groups excluding carboxylic acids is 1. The molecule has 1 aliphatic carbocycles. The van der Waals surface area contributed by atoms with Gasteiger partial charge in [-0.2, -0.15) is 0 Å². The molecule has 2 aliphatic rings. The zero-order valence-corrected chi connectivity index (χ0v) is 8.07. The summed E-state index contributed by atoms with van der Waals surface area (Å²) in [4.78, 5) is 13.6. The van der Waals surface area contributed by atoms with E-state index in [1.165, 1.54) is 0 Å². The molecule has 0 aromatic carbocycles. The Hall–Kier alpha value is -0.570. The molecule has 2 rings (SSSR count). The van der Waals surface area contributed by atoms with Crippen LogP contribution in [0.2, 0.25) is 0 Å². The van der Waals surface area contributed by atoms with Crippen LogP contribution in [-0.4, -0.2) is 35.6 Å². The Morgan fingerprint density at radius 1 is 1.62 bits per heavy atom. The molecule has 0 aromatic rings. The number of hydrogen-bond acceptors (Lipinski definition) is 2. The average molecular weight is 183 g/mol. The molecule has 3 atom stereocenters. The van der Waals surface area contributed by atoms with Gasteiger partial charge in [0.05, 0.1) is 0 Å². The summed E-state index contributed by atoms with van der Waals surface area (Å²) in [5.74, 6) is 1.56. The van der Waals surface area contributed by atoms with Crippen LogP contribution in [0.4, 0.5) is 0 Å². The summed E-state index contributed by atoms with van der Waals surface area (Å²) >= 11 is 0. The van der Waals surface area contributed by atoms with Gasteiger partial charge in [0, 0.05) is 31.5 Å². The Morgan fingerprint density at radius 3 is 2.77 bits per heavy atom. The number of nitrogens with zero attached hydrogens (tertiary/aromatic N) is 1.